The number of fused-ring (bicyclic) bond motifs is 27. The molecule has 4 aliphatic rings. The Hall–Kier alpha value is -16.3. The van der Waals surface area contributed by atoms with Crippen LogP contribution in [0.2, 0.25) is 52.4 Å². The molecular weight excluding hydrogens is 1740 g/mol. The Bertz CT molecular complexity index is 9070. The quantitative estimate of drug-likeness (QED) is 0.144. The zero-order chi connectivity index (χ0) is 91.9. The van der Waals surface area contributed by atoms with Crippen molar-refractivity contribution in [3.05, 3.63) is 407 Å². The monoisotopic (exact) mass is 1830 g/mol. The van der Waals surface area contributed by atoms with Crippen molar-refractivity contribution in [3.8, 4) is 96.4 Å². The van der Waals surface area contributed by atoms with Crippen LogP contribution in [0, 0.1) is 0 Å². The van der Waals surface area contributed by atoms with Gasteiger partial charge in [0.25, 0.3) is 0 Å². The van der Waals surface area contributed by atoms with E-state index in [4.69, 9.17) is 39.9 Å². The number of hydrogen-bond acceptors (Lipinski definition) is 8. The van der Waals surface area contributed by atoms with Crippen LogP contribution in [0.5, 0.6) is 0 Å². The van der Waals surface area contributed by atoms with Gasteiger partial charge >= 0.3 is 0 Å². The van der Waals surface area contributed by atoms with Gasteiger partial charge in [0.1, 0.15) is 50.3 Å². The van der Waals surface area contributed by atoms with Crippen LogP contribution in [0.4, 0.5) is 0 Å². The first-order valence-corrected chi connectivity index (χ1v) is 59.1. The van der Waals surface area contributed by atoms with Gasteiger partial charge in [0, 0.05) is 120 Å². The molecule has 0 saturated carbocycles. The maximum atomic E-state index is 5.53. The van der Waals surface area contributed by atoms with Crippen molar-refractivity contribution in [2.45, 2.75) is 52.4 Å². The molecule has 652 valence electrons. The SMILES string of the molecule is C[Si]1(C)c2ccccc2-c2c(-n3c4ccccc4c4ccccc43)nc(-c3ccccc3)nc21.C[Si]1(C)c2ccccc2-c2c(-n3c4ccccc4c4ccccc43)nc(-n3c4ccccc4c4ccccc43)nc21.C[Si]1(C)c2ccccc2-c2c(-n3c4ccccc4c4ccccc43)ncnc21.C[Si]1(C)c2ccccc2-c2cnc(-c3ccc(-n4c5ccccc5c5ccccc54)cc3)nc21. The number of nitrogens with zero attached hydrogens (tertiary/aromatic N) is 13. The summed E-state index contributed by atoms with van der Waals surface area (Å²) < 4.78 is 11.6. The molecule has 13 heterocycles. The van der Waals surface area contributed by atoms with E-state index in [-0.39, 0.29) is 0 Å². The molecule has 9 aromatic heterocycles. The second kappa shape index (κ2) is 31.1. The maximum Gasteiger partial charge on any atom is 0.236 e. The molecule has 4 aliphatic heterocycles. The van der Waals surface area contributed by atoms with Crippen LogP contribution < -0.4 is 42.0 Å². The standard InChI is InChI=1S/C36H26N4Si.2C30H23N3Si.C24H19N3Si/c1-41(2)32-22-12-7-17-27(32)33-34(39-28-18-8-3-13-23(28)24-14-4-9-19-29(24)39)37-36(38-35(33)41)40-30-20-10-5-15-25(30)26-16-6-11-21-31(26)40;1-34(2)28-14-8-5-11-24(28)25-19-31-29(32-30(25)34)20-15-17-21(18-16-20)33-26-12-6-3-9-22(26)23-10-4-7-13-27(23)33;1-34(2)26-19-11-8-16-23(26)27-29(31-28(32-30(27)34)20-12-4-3-5-13-20)33-24-17-9-6-14-21(24)22-15-7-10-18-25(22)33;1-28(2)21-14-8-5-11-18(21)22-23(25-15-26-24(22)28)27-19-12-6-3-9-16(19)17-10-4-7-13-20(17)27/h3-22H,1-2H3;2*3-19H,1-2H3;3-15H,1-2H3. The van der Waals surface area contributed by atoms with Crippen molar-refractivity contribution >= 4 is 183 Å². The molecule has 0 fully saturated rings. The van der Waals surface area contributed by atoms with Gasteiger partial charge in [-0.1, -0.05) is 362 Å². The largest absolute Gasteiger partial charge is 0.309 e. The summed E-state index contributed by atoms with van der Waals surface area (Å²) in [5.74, 6) is 5.26. The van der Waals surface area contributed by atoms with E-state index in [9.17, 15) is 0 Å². The lowest BCUT2D eigenvalue weighted by atomic mass is 10.1. The maximum absolute atomic E-state index is 5.53. The molecule has 29 rings (SSSR count). The van der Waals surface area contributed by atoms with Gasteiger partial charge in [-0.3, -0.25) is 18.3 Å². The molecule has 0 radical (unpaired) electrons. The van der Waals surface area contributed by atoms with Crippen LogP contribution in [0.15, 0.2) is 407 Å². The molecule has 0 bridgehead atoms. The van der Waals surface area contributed by atoms with E-state index in [0.29, 0.717) is 0 Å². The van der Waals surface area contributed by atoms with E-state index in [1.807, 2.05) is 12.3 Å². The molecule has 0 unspecified atom stereocenters. The highest BCUT2D eigenvalue weighted by atomic mass is 28.3. The van der Waals surface area contributed by atoms with Crippen LogP contribution in [0.25, 0.3) is 205 Å². The predicted molar refractivity (Wildman–Crippen MR) is 579 cm³/mol. The minimum absolute atomic E-state index is 0.728. The van der Waals surface area contributed by atoms with Crippen molar-refractivity contribution in [2.75, 3.05) is 0 Å². The van der Waals surface area contributed by atoms with Gasteiger partial charge in [0.2, 0.25) is 5.95 Å². The van der Waals surface area contributed by atoms with Crippen LogP contribution in [-0.4, -0.2) is 95.0 Å². The summed E-state index contributed by atoms with van der Waals surface area (Å²) in [6, 6.07) is 140. The van der Waals surface area contributed by atoms with Gasteiger partial charge in [-0.25, -0.2) is 34.9 Å². The van der Waals surface area contributed by atoms with Gasteiger partial charge in [-0.05, 0) is 128 Å². The summed E-state index contributed by atoms with van der Waals surface area (Å²) in [5, 5.41) is 23.1. The lowest BCUT2D eigenvalue weighted by molar-refractivity contribution is 0.962. The summed E-state index contributed by atoms with van der Waals surface area (Å²) in [4.78, 5) is 41.1. The lowest BCUT2D eigenvalue weighted by Gasteiger charge is -2.20. The molecule has 17 heteroatoms. The highest BCUT2D eigenvalue weighted by Crippen LogP contribution is 2.45. The lowest BCUT2D eigenvalue weighted by Crippen LogP contribution is -2.51. The molecule has 0 aliphatic carbocycles. The third kappa shape index (κ3) is 12.3. The molecule has 0 N–H and O–H groups in total. The van der Waals surface area contributed by atoms with Crippen molar-refractivity contribution < 1.29 is 0 Å². The first kappa shape index (κ1) is 81.5. The van der Waals surface area contributed by atoms with Crippen LogP contribution in [0.1, 0.15) is 0 Å². The van der Waals surface area contributed by atoms with Gasteiger partial charge < -0.3 is 4.57 Å². The molecule has 137 heavy (non-hydrogen) atoms. The number of rotatable bonds is 7. The van der Waals surface area contributed by atoms with Gasteiger partial charge in [0.05, 0.1) is 55.2 Å². The van der Waals surface area contributed by atoms with E-state index in [2.05, 4.69) is 463 Å². The Morgan fingerprint density at radius 2 is 0.474 bits per heavy atom. The molecular formula is C120H91N13Si4. The summed E-state index contributed by atoms with van der Waals surface area (Å²) in [5.41, 5.74) is 24.9. The fourth-order valence-electron chi connectivity index (χ4n) is 23.0. The van der Waals surface area contributed by atoms with E-state index < -0.39 is 32.3 Å². The highest BCUT2D eigenvalue weighted by Gasteiger charge is 2.46. The van der Waals surface area contributed by atoms with Crippen LogP contribution in [-0.2, 0) is 0 Å². The van der Waals surface area contributed by atoms with Crippen molar-refractivity contribution in [2.24, 2.45) is 0 Å². The van der Waals surface area contributed by atoms with Gasteiger partial charge in [-0.2, -0.15) is 4.98 Å². The topological polar surface area (TPSA) is 128 Å². The molecule has 0 amide bonds. The second-order valence-corrected chi connectivity index (χ2v) is 55.5. The third-order valence-electron chi connectivity index (χ3n) is 29.4. The van der Waals surface area contributed by atoms with Crippen LogP contribution in [0.3, 0.4) is 0 Å². The van der Waals surface area contributed by atoms with E-state index >= 15 is 0 Å². The summed E-state index contributed by atoms with van der Waals surface area (Å²) in [7, 11) is -7.75. The zero-order valence-electron chi connectivity index (χ0n) is 77.0. The molecule has 16 aromatic carbocycles. The van der Waals surface area contributed by atoms with Crippen LogP contribution >= 0.6 is 0 Å². The first-order chi connectivity index (χ1) is 67.1. The fraction of sp³-hybridized carbons (Fsp3) is 0.0667. The average molecular weight is 1830 g/mol. The normalized spacial score (nSPS) is 13.9. The average Bonchev–Trinajstić information content (AvgIpc) is 1.56. The number of aromatic nitrogens is 13. The van der Waals surface area contributed by atoms with E-state index in [1.165, 1.54) is 173 Å². The zero-order valence-corrected chi connectivity index (χ0v) is 81.0. The number of benzene rings is 16. The Balaban J connectivity index is 0.0000000954. The van der Waals surface area contributed by atoms with E-state index in [1.54, 1.807) is 6.33 Å². The number of para-hydroxylation sites is 10. The second-order valence-electron chi connectivity index (χ2n) is 38.5. The molecule has 25 aromatic rings. The van der Waals surface area contributed by atoms with E-state index in [0.717, 1.165) is 73.9 Å². The summed E-state index contributed by atoms with van der Waals surface area (Å²) in [6.45, 7) is 19.2. The van der Waals surface area contributed by atoms with Gasteiger partial charge in [-0.15, -0.1) is 0 Å². The predicted octanol–water partition coefficient (Wildman–Crippen LogP) is 23.9. The molecule has 0 saturated heterocycles. The van der Waals surface area contributed by atoms with Crippen molar-refractivity contribution in [1.29, 1.82) is 0 Å². The highest BCUT2D eigenvalue weighted by molar-refractivity contribution is 7.05. The Labute approximate surface area is 795 Å². The molecule has 0 spiro atoms. The smallest absolute Gasteiger partial charge is 0.236 e. The summed E-state index contributed by atoms with van der Waals surface area (Å²) in [6.07, 6.45) is 3.78. The molecule has 13 nitrogen and oxygen atoms in total. The van der Waals surface area contributed by atoms with Crippen molar-refractivity contribution in [3.63, 3.8) is 0 Å². The molecule has 0 atom stereocenters. The van der Waals surface area contributed by atoms with Crippen molar-refractivity contribution in [1.82, 2.24) is 62.7 Å². The Morgan fingerprint density at radius 3 is 0.876 bits per heavy atom. The minimum Gasteiger partial charge on any atom is -0.309 e. The first-order valence-electron chi connectivity index (χ1n) is 47.1. The van der Waals surface area contributed by atoms with Gasteiger partial charge in [0.15, 0.2) is 17.5 Å². The minimum atomic E-state index is -2.12. The number of hydrogen-bond donors (Lipinski definition) is 0. The Kier molecular flexibility index (Phi) is 18.5. The third-order valence-corrected chi connectivity index (χ3v) is 42.8. The Morgan fingerprint density at radius 1 is 0.190 bits per heavy atom. The summed E-state index contributed by atoms with van der Waals surface area (Å²) >= 11 is 0. The fourth-order valence-corrected chi connectivity index (χ4v) is 34.6.